The van der Waals surface area contributed by atoms with Crippen molar-refractivity contribution >= 4 is 35.0 Å². The van der Waals surface area contributed by atoms with Gasteiger partial charge in [-0.3, -0.25) is 14.4 Å². The van der Waals surface area contributed by atoms with Crippen molar-refractivity contribution in [3.8, 4) is 17.0 Å². The maximum absolute atomic E-state index is 14.6. The predicted octanol–water partition coefficient (Wildman–Crippen LogP) is 2.29. The van der Waals surface area contributed by atoms with E-state index in [-0.39, 0.29) is 78.0 Å². The zero-order valence-corrected chi connectivity index (χ0v) is 23.7. The number of β-amino-alcohol motifs (C(OH)–C–C–N with tert-alkyl or cyclic N) is 1. The van der Waals surface area contributed by atoms with Gasteiger partial charge in [-0.2, -0.15) is 4.39 Å². The molecule has 1 unspecified atom stereocenters. The summed E-state index contributed by atoms with van der Waals surface area (Å²) < 4.78 is 35.0. The SMILES string of the molecule is COc1ccc(-c2cnc(C(=O)Nc3ccc(C(=O)N4CCN(C(=O)C5(O)CCNC5)CC4)c(Cl)c3)n2C)c(F)c1F. The molecule has 222 valence electrons. The van der Waals surface area contributed by atoms with E-state index in [1.807, 2.05) is 0 Å². The highest BCUT2D eigenvalue weighted by Gasteiger charge is 2.42. The van der Waals surface area contributed by atoms with Crippen molar-refractivity contribution in [3.63, 3.8) is 0 Å². The molecule has 3 amide bonds. The van der Waals surface area contributed by atoms with Gasteiger partial charge in [0.05, 0.1) is 29.6 Å². The maximum Gasteiger partial charge on any atom is 0.291 e. The summed E-state index contributed by atoms with van der Waals surface area (Å²) in [5.74, 6) is -3.89. The predicted molar refractivity (Wildman–Crippen MR) is 149 cm³/mol. The molecular formula is C28H29ClF2N6O5. The molecule has 0 saturated carbocycles. The summed E-state index contributed by atoms with van der Waals surface area (Å²) in [6.07, 6.45) is 1.61. The van der Waals surface area contributed by atoms with Crippen molar-refractivity contribution < 1.29 is 33.0 Å². The number of rotatable bonds is 6. The molecule has 2 fully saturated rings. The third kappa shape index (κ3) is 5.42. The maximum atomic E-state index is 14.6. The van der Waals surface area contributed by atoms with Crippen LogP contribution >= 0.6 is 11.6 Å². The number of piperazine rings is 1. The van der Waals surface area contributed by atoms with Crippen LogP contribution in [0.4, 0.5) is 14.5 Å². The number of ether oxygens (including phenoxy) is 1. The summed E-state index contributed by atoms with van der Waals surface area (Å²) >= 11 is 6.42. The van der Waals surface area contributed by atoms with E-state index in [9.17, 15) is 28.3 Å². The molecule has 42 heavy (non-hydrogen) atoms. The van der Waals surface area contributed by atoms with E-state index in [2.05, 4.69) is 15.6 Å². The largest absolute Gasteiger partial charge is 0.494 e. The number of carbonyl (C=O) groups is 3. The molecule has 1 atom stereocenters. The number of benzene rings is 2. The zero-order chi connectivity index (χ0) is 30.2. The Balaban J connectivity index is 1.23. The standard InChI is InChI=1S/C28H29ClF2N6O5/c1-35-20(18-5-6-21(42-2)23(31)22(18)30)14-33-24(35)25(38)34-16-3-4-17(19(29)13-16)26(39)36-9-11-37(12-10-36)27(40)28(41)7-8-32-15-28/h3-6,13-14,32,41H,7-12,15H2,1-2H3,(H,34,38). The van der Waals surface area contributed by atoms with Gasteiger partial charge >= 0.3 is 0 Å². The van der Waals surface area contributed by atoms with Gasteiger partial charge in [-0.1, -0.05) is 11.6 Å². The van der Waals surface area contributed by atoms with E-state index < -0.39 is 23.1 Å². The molecule has 2 aliphatic heterocycles. The van der Waals surface area contributed by atoms with Crippen LogP contribution in [0.2, 0.25) is 5.02 Å². The highest BCUT2D eigenvalue weighted by Crippen LogP contribution is 2.30. The second-order valence-corrected chi connectivity index (χ2v) is 10.6. The average molecular weight is 603 g/mol. The van der Waals surface area contributed by atoms with Gasteiger partial charge in [-0.05, 0) is 43.3 Å². The Labute approximate surface area is 245 Å². The number of nitrogens with one attached hydrogen (secondary N) is 2. The molecule has 1 aromatic heterocycles. The molecule has 3 aromatic rings. The number of hydrogen-bond acceptors (Lipinski definition) is 7. The van der Waals surface area contributed by atoms with Crippen LogP contribution in [0.5, 0.6) is 5.75 Å². The van der Waals surface area contributed by atoms with E-state index in [4.69, 9.17) is 16.3 Å². The molecule has 3 N–H and O–H groups in total. The second kappa shape index (κ2) is 11.7. The molecule has 2 saturated heterocycles. The quantitative estimate of drug-likeness (QED) is 0.395. The van der Waals surface area contributed by atoms with Gasteiger partial charge in [0, 0.05) is 51.0 Å². The number of anilines is 1. The Morgan fingerprint density at radius 3 is 2.45 bits per heavy atom. The van der Waals surface area contributed by atoms with Gasteiger partial charge in [0.25, 0.3) is 17.7 Å². The molecule has 11 nitrogen and oxygen atoms in total. The Morgan fingerprint density at radius 1 is 1.10 bits per heavy atom. The van der Waals surface area contributed by atoms with Crippen LogP contribution in [0.1, 0.15) is 27.4 Å². The molecule has 2 aromatic carbocycles. The van der Waals surface area contributed by atoms with Crippen molar-refractivity contribution in [1.82, 2.24) is 24.7 Å². The minimum atomic E-state index is -1.41. The fourth-order valence-corrected chi connectivity index (χ4v) is 5.41. The van der Waals surface area contributed by atoms with Crippen LogP contribution in [-0.2, 0) is 11.8 Å². The minimum absolute atomic E-state index is 0.0673. The van der Waals surface area contributed by atoms with Crippen LogP contribution in [0.15, 0.2) is 36.5 Å². The fraction of sp³-hybridized carbons (Fsp3) is 0.357. The van der Waals surface area contributed by atoms with Crippen LogP contribution in [0.25, 0.3) is 11.3 Å². The van der Waals surface area contributed by atoms with E-state index in [0.717, 1.165) is 0 Å². The molecule has 5 rings (SSSR count). The summed E-state index contributed by atoms with van der Waals surface area (Å²) in [5, 5.41) is 16.3. The lowest BCUT2D eigenvalue weighted by Gasteiger charge is -2.37. The highest BCUT2D eigenvalue weighted by molar-refractivity contribution is 6.34. The summed E-state index contributed by atoms with van der Waals surface area (Å²) in [7, 11) is 2.72. The lowest BCUT2D eigenvalue weighted by molar-refractivity contribution is -0.150. The number of methoxy groups -OCH3 is 1. The van der Waals surface area contributed by atoms with Gasteiger partial charge < -0.3 is 34.8 Å². The Morgan fingerprint density at radius 2 is 1.81 bits per heavy atom. The molecule has 3 heterocycles. The number of aromatic nitrogens is 2. The Hall–Kier alpha value is -4.07. The number of imidazole rings is 1. The Bertz CT molecular complexity index is 1550. The second-order valence-electron chi connectivity index (χ2n) is 10.2. The number of carbonyl (C=O) groups excluding carboxylic acids is 3. The van der Waals surface area contributed by atoms with Crippen LogP contribution < -0.4 is 15.4 Å². The van der Waals surface area contributed by atoms with Gasteiger partial charge in [-0.15, -0.1) is 0 Å². The molecule has 0 radical (unpaired) electrons. The third-order valence-corrected chi connectivity index (χ3v) is 7.89. The van der Waals surface area contributed by atoms with Gasteiger partial charge in [0.15, 0.2) is 23.0 Å². The fourth-order valence-electron chi connectivity index (χ4n) is 5.15. The van der Waals surface area contributed by atoms with E-state index in [0.29, 0.717) is 18.7 Å². The Kier molecular flexibility index (Phi) is 8.17. The van der Waals surface area contributed by atoms with Crippen LogP contribution in [-0.4, -0.2) is 94.2 Å². The van der Waals surface area contributed by atoms with Crippen LogP contribution in [0.3, 0.4) is 0 Å². The number of hydrogen-bond donors (Lipinski definition) is 3. The first-order valence-corrected chi connectivity index (χ1v) is 13.6. The topological polar surface area (TPSA) is 129 Å². The number of nitrogens with zero attached hydrogens (tertiary/aromatic N) is 4. The van der Waals surface area contributed by atoms with Crippen molar-refractivity contribution in [3.05, 3.63) is 64.6 Å². The number of amides is 3. The van der Waals surface area contributed by atoms with Crippen molar-refractivity contribution in [2.24, 2.45) is 7.05 Å². The summed E-state index contributed by atoms with van der Waals surface area (Å²) in [5.41, 5.74) is -0.805. The molecule has 2 aliphatic rings. The third-order valence-electron chi connectivity index (χ3n) is 7.58. The molecule has 14 heteroatoms. The summed E-state index contributed by atoms with van der Waals surface area (Å²) in [6, 6.07) is 7.05. The number of halogens is 3. The molecule has 0 bridgehead atoms. The molecule has 0 aliphatic carbocycles. The minimum Gasteiger partial charge on any atom is -0.494 e. The van der Waals surface area contributed by atoms with Crippen molar-refractivity contribution in [2.45, 2.75) is 12.0 Å². The molecular weight excluding hydrogens is 574 g/mol. The number of aliphatic hydroxyl groups is 1. The van der Waals surface area contributed by atoms with E-state index in [1.165, 1.54) is 55.3 Å². The smallest absolute Gasteiger partial charge is 0.291 e. The average Bonchev–Trinajstić information content (AvgIpc) is 3.60. The normalized spacial score (nSPS) is 18.7. The lowest BCUT2D eigenvalue weighted by Crippen LogP contribution is -2.57. The van der Waals surface area contributed by atoms with Gasteiger partial charge in [0.1, 0.15) is 0 Å². The zero-order valence-electron chi connectivity index (χ0n) is 22.9. The van der Waals surface area contributed by atoms with Crippen molar-refractivity contribution in [1.29, 1.82) is 0 Å². The van der Waals surface area contributed by atoms with Crippen LogP contribution in [0, 0.1) is 11.6 Å². The first-order valence-electron chi connectivity index (χ1n) is 13.2. The van der Waals surface area contributed by atoms with Gasteiger partial charge in [0.2, 0.25) is 5.82 Å². The first-order chi connectivity index (χ1) is 20.0. The monoisotopic (exact) mass is 602 g/mol. The van der Waals surface area contributed by atoms with Gasteiger partial charge in [-0.25, -0.2) is 9.37 Å². The first kappa shape index (κ1) is 29.4. The van der Waals surface area contributed by atoms with Crippen molar-refractivity contribution in [2.75, 3.05) is 51.7 Å². The lowest BCUT2D eigenvalue weighted by atomic mass is 10.0. The highest BCUT2D eigenvalue weighted by atomic mass is 35.5. The van der Waals surface area contributed by atoms with E-state index in [1.54, 1.807) is 9.80 Å². The summed E-state index contributed by atoms with van der Waals surface area (Å²) in [6.45, 7) is 1.93. The molecule has 0 spiro atoms. The summed E-state index contributed by atoms with van der Waals surface area (Å²) in [4.78, 5) is 46.1. The van der Waals surface area contributed by atoms with E-state index >= 15 is 0 Å².